The van der Waals surface area contributed by atoms with Crippen LogP contribution in [0.4, 0.5) is 5.69 Å². The molecule has 8 nitrogen and oxygen atoms in total. The van der Waals surface area contributed by atoms with Gasteiger partial charge in [-0.05, 0) is 36.8 Å². The van der Waals surface area contributed by atoms with Gasteiger partial charge in [-0.1, -0.05) is 30.3 Å². The highest BCUT2D eigenvalue weighted by Crippen LogP contribution is 2.19. The first kappa shape index (κ1) is 22.8. The Bertz CT molecular complexity index is 1000. The zero-order chi connectivity index (χ0) is 22.3. The molecular formula is C22H28N4O4S. The van der Waals surface area contributed by atoms with E-state index in [2.05, 4.69) is 21.6 Å². The number of nitrogens with zero attached hydrogens (tertiary/aromatic N) is 2. The van der Waals surface area contributed by atoms with Crippen molar-refractivity contribution in [2.24, 2.45) is 0 Å². The maximum Gasteiger partial charge on any atom is 0.251 e. The molecule has 2 aromatic rings. The zero-order valence-electron chi connectivity index (χ0n) is 17.6. The van der Waals surface area contributed by atoms with Gasteiger partial charge in [-0.2, -0.15) is 4.31 Å². The van der Waals surface area contributed by atoms with Crippen molar-refractivity contribution >= 4 is 27.5 Å². The average Bonchev–Trinajstić information content (AvgIpc) is 2.77. The molecule has 2 aromatic carbocycles. The van der Waals surface area contributed by atoms with Gasteiger partial charge in [0.2, 0.25) is 15.9 Å². The second-order valence-corrected chi connectivity index (χ2v) is 9.42. The lowest BCUT2D eigenvalue weighted by atomic mass is 10.2. The van der Waals surface area contributed by atoms with Crippen LogP contribution < -0.4 is 15.5 Å². The maximum absolute atomic E-state index is 12.6. The van der Waals surface area contributed by atoms with Gasteiger partial charge in [-0.3, -0.25) is 9.59 Å². The van der Waals surface area contributed by atoms with Crippen molar-refractivity contribution in [2.75, 3.05) is 49.9 Å². The van der Waals surface area contributed by atoms with E-state index < -0.39 is 21.7 Å². The number of amides is 2. The lowest BCUT2D eigenvalue weighted by Crippen LogP contribution is -2.51. The first-order valence-electron chi connectivity index (χ1n) is 10.2. The lowest BCUT2D eigenvalue weighted by Gasteiger charge is -2.35. The van der Waals surface area contributed by atoms with Crippen molar-refractivity contribution in [3.63, 3.8) is 0 Å². The summed E-state index contributed by atoms with van der Waals surface area (Å²) < 4.78 is 26.6. The van der Waals surface area contributed by atoms with Gasteiger partial charge in [0.1, 0.15) is 5.75 Å². The summed E-state index contributed by atoms with van der Waals surface area (Å²) in [6, 6.07) is 16.8. The topological polar surface area (TPSA) is 98.8 Å². The molecule has 0 bridgehead atoms. The third-order valence-corrected chi connectivity index (χ3v) is 6.86. The Morgan fingerprint density at radius 2 is 1.58 bits per heavy atom. The predicted octanol–water partition coefficient (Wildman–Crippen LogP) is 0.993. The second kappa shape index (κ2) is 10.4. The van der Waals surface area contributed by atoms with Crippen LogP contribution in [-0.4, -0.2) is 69.6 Å². The quantitative estimate of drug-likeness (QED) is 0.592. The van der Waals surface area contributed by atoms with Gasteiger partial charge >= 0.3 is 0 Å². The van der Waals surface area contributed by atoms with Gasteiger partial charge < -0.3 is 15.5 Å². The molecule has 1 heterocycles. The van der Waals surface area contributed by atoms with E-state index in [-0.39, 0.29) is 19.0 Å². The van der Waals surface area contributed by atoms with Crippen LogP contribution in [0.5, 0.6) is 0 Å². The van der Waals surface area contributed by atoms with Crippen molar-refractivity contribution < 1.29 is 18.0 Å². The second-order valence-electron chi connectivity index (χ2n) is 7.45. The van der Waals surface area contributed by atoms with Crippen LogP contribution in [0.1, 0.15) is 15.9 Å². The van der Waals surface area contributed by atoms with Crippen LogP contribution in [0, 0.1) is 6.92 Å². The summed E-state index contributed by atoms with van der Waals surface area (Å²) in [6.07, 6.45) is 0. The van der Waals surface area contributed by atoms with E-state index in [0.29, 0.717) is 31.7 Å². The van der Waals surface area contributed by atoms with E-state index in [9.17, 15) is 18.0 Å². The summed E-state index contributed by atoms with van der Waals surface area (Å²) in [5, 5.41) is 5.24. The van der Waals surface area contributed by atoms with Gasteiger partial charge in [0.25, 0.3) is 5.91 Å². The van der Waals surface area contributed by atoms with Crippen molar-refractivity contribution in [1.82, 2.24) is 14.9 Å². The molecule has 9 heteroatoms. The summed E-state index contributed by atoms with van der Waals surface area (Å²) in [6.45, 7) is 4.25. The number of hydrogen-bond donors (Lipinski definition) is 2. The normalized spacial score (nSPS) is 14.8. The van der Waals surface area contributed by atoms with Crippen LogP contribution in [0.25, 0.3) is 0 Å². The van der Waals surface area contributed by atoms with Crippen molar-refractivity contribution in [2.45, 2.75) is 6.92 Å². The maximum atomic E-state index is 12.6. The summed E-state index contributed by atoms with van der Waals surface area (Å²) in [5.74, 6) is -1.41. The van der Waals surface area contributed by atoms with E-state index in [0.717, 1.165) is 11.3 Å². The Morgan fingerprint density at radius 3 is 2.26 bits per heavy atom. The van der Waals surface area contributed by atoms with E-state index in [4.69, 9.17) is 0 Å². The molecule has 0 atom stereocenters. The van der Waals surface area contributed by atoms with E-state index in [1.807, 2.05) is 31.2 Å². The predicted molar refractivity (Wildman–Crippen MR) is 121 cm³/mol. The highest BCUT2D eigenvalue weighted by Gasteiger charge is 2.29. The molecule has 0 spiro atoms. The molecule has 1 aliphatic heterocycles. The van der Waals surface area contributed by atoms with Crippen molar-refractivity contribution in [3.05, 3.63) is 65.7 Å². The number of carbonyl (C=O) groups excluding carboxylic acids is 2. The molecule has 0 aromatic heterocycles. The number of sulfonamides is 1. The number of rotatable bonds is 8. The molecule has 0 radical (unpaired) electrons. The SMILES string of the molecule is Cc1cccc(N2CCN(S(=O)(=O)CC(=O)NCCNC(=O)c3ccccc3)CC2)c1. The van der Waals surface area contributed by atoms with Crippen molar-refractivity contribution in [1.29, 1.82) is 0 Å². The van der Waals surface area contributed by atoms with Crippen LogP contribution in [-0.2, 0) is 14.8 Å². The summed E-state index contributed by atoms with van der Waals surface area (Å²) in [4.78, 5) is 26.2. The number of aryl methyl sites for hydroxylation is 1. The molecule has 0 aliphatic carbocycles. The Kier molecular flexibility index (Phi) is 7.64. The van der Waals surface area contributed by atoms with Crippen LogP contribution in [0.2, 0.25) is 0 Å². The first-order valence-corrected chi connectivity index (χ1v) is 11.9. The smallest absolute Gasteiger partial charge is 0.251 e. The average molecular weight is 445 g/mol. The highest BCUT2D eigenvalue weighted by molar-refractivity contribution is 7.89. The number of nitrogens with one attached hydrogen (secondary N) is 2. The highest BCUT2D eigenvalue weighted by atomic mass is 32.2. The number of carbonyl (C=O) groups is 2. The summed E-state index contributed by atoms with van der Waals surface area (Å²) >= 11 is 0. The summed E-state index contributed by atoms with van der Waals surface area (Å²) in [7, 11) is -3.69. The van der Waals surface area contributed by atoms with E-state index in [1.165, 1.54) is 4.31 Å². The van der Waals surface area contributed by atoms with Crippen LogP contribution in [0.3, 0.4) is 0 Å². The Hall–Kier alpha value is -2.91. The molecule has 166 valence electrons. The standard InChI is InChI=1S/C22H28N4O4S/c1-18-6-5-9-20(16-18)25-12-14-26(15-13-25)31(29,30)17-21(27)23-10-11-24-22(28)19-7-3-2-4-8-19/h2-9,16H,10-15,17H2,1H3,(H,23,27)(H,24,28). The Balaban J connectivity index is 1.40. The fourth-order valence-electron chi connectivity index (χ4n) is 3.43. The van der Waals surface area contributed by atoms with Gasteiger partial charge in [0, 0.05) is 50.5 Å². The fourth-order valence-corrected chi connectivity index (χ4v) is 4.76. The monoisotopic (exact) mass is 444 g/mol. The summed E-state index contributed by atoms with van der Waals surface area (Å²) in [5.41, 5.74) is 2.76. The number of benzene rings is 2. The Morgan fingerprint density at radius 1 is 0.903 bits per heavy atom. The Labute approximate surface area is 183 Å². The minimum absolute atomic E-state index is 0.161. The fraction of sp³-hybridized carbons (Fsp3) is 0.364. The molecule has 0 unspecified atom stereocenters. The third kappa shape index (κ3) is 6.53. The molecular weight excluding hydrogens is 416 g/mol. The molecule has 3 rings (SSSR count). The molecule has 1 fully saturated rings. The molecule has 31 heavy (non-hydrogen) atoms. The third-order valence-electron chi connectivity index (χ3n) is 5.08. The van der Waals surface area contributed by atoms with Crippen LogP contribution in [0.15, 0.2) is 54.6 Å². The molecule has 1 aliphatic rings. The first-order chi connectivity index (χ1) is 14.8. The van der Waals surface area contributed by atoms with Gasteiger partial charge in [0.15, 0.2) is 0 Å². The minimum atomic E-state index is -3.69. The number of anilines is 1. The van der Waals surface area contributed by atoms with Gasteiger partial charge in [-0.25, -0.2) is 8.42 Å². The molecule has 2 amide bonds. The van der Waals surface area contributed by atoms with E-state index in [1.54, 1.807) is 24.3 Å². The van der Waals surface area contributed by atoms with Crippen molar-refractivity contribution in [3.8, 4) is 0 Å². The lowest BCUT2D eigenvalue weighted by molar-refractivity contribution is -0.118. The zero-order valence-corrected chi connectivity index (χ0v) is 18.4. The minimum Gasteiger partial charge on any atom is -0.369 e. The van der Waals surface area contributed by atoms with E-state index >= 15 is 0 Å². The largest absolute Gasteiger partial charge is 0.369 e. The van der Waals surface area contributed by atoms with Gasteiger partial charge in [0.05, 0.1) is 0 Å². The molecule has 2 N–H and O–H groups in total. The van der Waals surface area contributed by atoms with Crippen LogP contribution >= 0.6 is 0 Å². The number of hydrogen-bond acceptors (Lipinski definition) is 5. The van der Waals surface area contributed by atoms with Gasteiger partial charge in [-0.15, -0.1) is 0 Å². The number of piperazine rings is 1. The molecule has 1 saturated heterocycles. The molecule has 0 saturated carbocycles.